The molecule has 13 heteroatoms. The average Bonchev–Trinajstić information content (AvgIpc) is 3.60. The number of aromatic nitrogens is 2. The van der Waals surface area contributed by atoms with Crippen LogP contribution in [-0.2, 0) is 15.2 Å². The second kappa shape index (κ2) is 12.9. The third kappa shape index (κ3) is 6.98. The number of halogens is 1. The second-order valence-corrected chi connectivity index (χ2v) is 11.6. The fourth-order valence-corrected chi connectivity index (χ4v) is 6.08. The number of nitrogens with one attached hydrogen (secondary N) is 1. The number of pyridine rings is 1. The smallest absolute Gasteiger partial charge is 0.236 e. The summed E-state index contributed by atoms with van der Waals surface area (Å²) in [6, 6.07) is 13.8. The fraction of sp³-hybridized carbons (Fsp3) is 0.267. The van der Waals surface area contributed by atoms with Crippen molar-refractivity contribution >= 4 is 45.4 Å². The van der Waals surface area contributed by atoms with Gasteiger partial charge in [0.1, 0.15) is 35.4 Å². The van der Waals surface area contributed by atoms with Crippen molar-refractivity contribution in [1.29, 1.82) is 5.26 Å². The molecular weight excluding hydrogens is 592 g/mol. The molecule has 0 aliphatic carbocycles. The molecule has 0 spiro atoms. The quantitative estimate of drug-likeness (QED) is 0.143. The van der Waals surface area contributed by atoms with Gasteiger partial charge >= 0.3 is 0 Å². The molecular formula is C30H27FN6O4S2. The van der Waals surface area contributed by atoms with Crippen LogP contribution in [0, 0.1) is 23.7 Å². The van der Waals surface area contributed by atoms with Crippen LogP contribution >= 0.6 is 23.1 Å². The summed E-state index contributed by atoms with van der Waals surface area (Å²) in [4.78, 5) is 12.6. The number of nitrogens with zero attached hydrogens (tertiary/aromatic N) is 4. The normalized spacial score (nSPS) is 15.4. The molecule has 43 heavy (non-hydrogen) atoms. The van der Waals surface area contributed by atoms with Gasteiger partial charge in [0, 0.05) is 28.5 Å². The maximum Gasteiger partial charge on any atom is 0.236 e. The van der Waals surface area contributed by atoms with Gasteiger partial charge in [-0.25, -0.2) is 19.2 Å². The average molecular weight is 619 g/mol. The molecule has 0 bridgehead atoms. The van der Waals surface area contributed by atoms with E-state index in [9.17, 15) is 9.65 Å². The minimum atomic E-state index is -0.629. The molecule has 5 rings (SSSR count). The van der Waals surface area contributed by atoms with E-state index in [0.717, 1.165) is 5.69 Å². The molecule has 0 unspecified atom stereocenters. The Morgan fingerprint density at radius 1 is 1.28 bits per heavy atom. The molecule has 3 N–H and O–H groups in total. The van der Waals surface area contributed by atoms with E-state index in [1.807, 2.05) is 19.2 Å². The number of anilines is 3. The minimum absolute atomic E-state index is 0.0405. The lowest BCUT2D eigenvalue weighted by atomic mass is 10.00. The van der Waals surface area contributed by atoms with Gasteiger partial charge < -0.3 is 30.0 Å². The van der Waals surface area contributed by atoms with Gasteiger partial charge in [0.05, 0.1) is 31.5 Å². The highest BCUT2D eigenvalue weighted by Crippen LogP contribution is 2.42. The van der Waals surface area contributed by atoms with Crippen molar-refractivity contribution in [3.05, 3.63) is 76.3 Å². The van der Waals surface area contributed by atoms with Crippen LogP contribution in [0.2, 0.25) is 0 Å². The van der Waals surface area contributed by atoms with Crippen LogP contribution in [0.15, 0.2) is 52.9 Å². The number of benzene rings is 2. The lowest BCUT2D eigenvalue weighted by Crippen LogP contribution is -2.25. The number of nitriles is 1. The maximum atomic E-state index is 13.7. The number of thioether (sulfide) groups is 1. The van der Waals surface area contributed by atoms with Crippen LogP contribution in [0.4, 0.5) is 26.7 Å². The predicted octanol–water partition coefficient (Wildman–Crippen LogP) is 6.92. The summed E-state index contributed by atoms with van der Waals surface area (Å²) in [5.41, 5.74) is 9.00. The molecule has 2 aromatic heterocycles. The van der Waals surface area contributed by atoms with E-state index in [1.165, 1.54) is 36.3 Å². The summed E-state index contributed by atoms with van der Waals surface area (Å²) in [5, 5.41) is 16.2. The first-order valence-electron chi connectivity index (χ1n) is 13.0. The monoisotopic (exact) mass is 618 g/mol. The lowest BCUT2D eigenvalue weighted by Gasteiger charge is -2.17. The molecule has 10 nitrogen and oxygen atoms in total. The van der Waals surface area contributed by atoms with E-state index >= 15 is 0 Å². The maximum absolute atomic E-state index is 13.7. The Morgan fingerprint density at radius 2 is 2.07 bits per heavy atom. The SMILES string of the molecule is [C-]#[N+]c1c(N)nc(SCc2csc(Nc3ccc(F)c(OC)c3)n2)c(C#N)c1-c1ccc(OC[C@@H]2COC(C)(C)O2)cc1. The van der Waals surface area contributed by atoms with E-state index in [4.69, 9.17) is 31.3 Å². The van der Waals surface area contributed by atoms with Crippen LogP contribution in [0.1, 0.15) is 25.1 Å². The third-order valence-corrected chi connectivity index (χ3v) is 8.16. The standard InChI is InChI=1S/C30H27FN6O4S2/c1-30(2)40-14-21(41-30)13-39-20-8-5-17(6-9-20)25-22(12-32)28(37-27(33)26(25)34-3)42-15-19-16-43-29(36-19)35-18-7-10-23(31)24(11-18)38-4/h5-11,16,21H,13-15H2,1-2,4H3,(H2,33,37)(H,35,36)/t21-/m1/s1. The Labute approximate surface area is 256 Å². The van der Waals surface area contributed by atoms with Crippen LogP contribution < -0.4 is 20.5 Å². The van der Waals surface area contributed by atoms with Crippen molar-refractivity contribution in [3.8, 4) is 28.7 Å². The number of methoxy groups -OCH3 is 1. The Hall–Kier alpha value is -4.40. The summed E-state index contributed by atoms with van der Waals surface area (Å²) < 4.78 is 36.0. The molecule has 220 valence electrons. The Bertz CT molecular complexity index is 1720. The number of nitrogens with two attached hydrogens (primary N) is 1. The lowest BCUT2D eigenvalue weighted by molar-refractivity contribution is -0.141. The molecule has 2 aromatic carbocycles. The second-order valence-electron chi connectivity index (χ2n) is 9.82. The van der Waals surface area contributed by atoms with Gasteiger partial charge in [0.25, 0.3) is 0 Å². The molecule has 1 saturated heterocycles. The summed E-state index contributed by atoms with van der Waals surface area (Å²) >= 11 is 2.68. The molecule has 1 aliphatic heterocycles. The number of ether oxygens (including phenoxy) is 4. The third-order valence-electron chi connectivity index (χ3n) is 6.35. The van der Waals surface area contributed by atoms with Gasteiger partial charge in [-0.3, -0.25) is 0 Å². The molecule has 3 heterocycles. The molecule has 1 atom stereocenters. The van der Waals surface area contributed by atoms with E-state index in [-0.39, 0.29) is 28.9 Å². The predicted molar refractivity (Wildman–Crippen MR) is 163 cm³/mol. The van der Waals surface area contributed by atoms with Crippen molar-refractivity contribution in [2.45, 2.75) is 36.5 Å². The first-order chi connectivity index (χ1) is 20.7. The first-order valence-corrected chi connectivity index (χ1v) is 14.9. The van der Waals surface area contributed by atoms with Gasteiger partial charge in [0.2, 0.25) is 5.69 Å². The van der Waals surface area contributed by atoms with Crippen molar-refractivity contribution in [2.24, 2.45) is 0 Å². The van der Waals surface area contributed by atoms with Gasteiger partial charge in [-0.1, -0.05) is 23.9 Å². The molecule has 0 amide bonds. The molecule has 1 aliphatic rings. The van der Waals surface area contributed by atoms with Gasteiger partial charge in [-0.2, -0.15) is 5.26 Å². The Kier molecular flexibility index (Phi) is 8.99. The number of thiazole rings is 1. The zero-order valence-electron chi connectivity index (χ0n) is 23.5. The van der Waals surface area contributed by atoms with Crippen molar-refractivity contribution < 1.29 is 23.3 Å². The molecule has 0 saturated carbocycles. The van der Waals surface area contributed by atoms with Crippen LogP contribution in [0.3, 0.4) is 0 Å². The summed E-state index contributed by atoms with van der Waals surface area (Å²) in [6.07, 6.45) is -0.177. The van der Waals surface area contributed by atoms with Crippen LogP contribution in [0.5, 0.6) is 11.5 Å². The topological polar surface area (TPSA) is 129 Å². The first kappa shape index (κ1) is 30.1. The van der Waals surface area contributed by atoms with E-state index in [2.05, 4.69) is 26.2 Å². The zero-order valence-corrected chi connectivity index (χ0v) is 25.1. The van der Waals surface area contributed by atoms with Crippen molar-refractivity contribution in [2.75, 3.05) is 31.4 Å². The summed E-state index contributed by atoms with van der Waals surface area (Å²) in [5.74, 6) is 0.104. The molecule has 1 fully saturated rings. The van der Waals surface area contributed by atoms with Gasteiger partial charge in [-0.15, -0.1) is 11.3 Å². The zero-order chi connectivity index (χ0) is 30.6. The highest BCUT2D eigenvalue weighted by molar-refractivity contribution is 7.98. The molecule has 0 radical (unpaired) electrons. The van der Waals surface area contributed by atoms with Gasteiger partial charge in [0.15, 0.2) is 22.5 Å². The highest BCUT2D eigenvalue weighted by atomic mass is 32.2. The van der Waals surface area contributed by atoms with Crippen LogP contribution in [0.25, 0.3) is 16.0 Å². The van der Waals surface area contributed by atoms with Crippen LogP contribution in [-0.4, -0.2) is 42.2 Å². The Morgan fingerprint density at radius 3 is 2.74 bits per heavy atom. The van der Waals surface area contributed by atoms with Crippen molar-refractivity contribution in [3.63, 3.8) is 0 Å². The summed E-state index contributed by atoms with van der Waals surface area (Å²) in [6.45, 7) is 12.2. The number of hydrogen-bond acceptors (Lipinski definition) is 11. The Balaban J connectivity index is 1.31. The summed E-state index contributed by atoms with van der Waals surface area (Å²) in [7, 11) is 1.40. The highest BCUT2D eigenvalue weighted by Gasteiger charge is 2.33. The largest absolute Gasteiger partial charge is 0.494 e. The van der Waals surface area contributed by atoms with E-state index < -0.39 is 11.6 Å². The minimum Gasteiger partial charge on any atom is -0.494 e. The van der Waals surface area contributed by atoms with Gasteiger partial charge in [-0.05, 0) is 43.7 Å². The van der Waals surface area contributed by atoms with E-state index in [0.29, 0.717) is 51.7 Å². The van der Waals surface area contributed by atoms with Crippen molar-refractivity contribution in [1.82, 2.24) is 9.97 Å². The number of nitrogen functional groups attached to an aromatic ring is 1. The molecule has 4 aromatic rings. The fourth-order valence-electron chi connectivity index (χ4n) is 4.36. The number of rotatable bonds is 10. The number of hydrogen-bond donors (Lipinski definition) is 2. The van der Waals surface area contributed by atoms with E-state index in [1.54, 1.807) is 36.4 Å².